The van der Waals surface area contributed by atoms with Crippen LogP contribution < -0.4 is 0 Å². The average Bonchev–Trinajstić information content (AvgIpc) is 2.18. The zero-order valence-electron chi connectivity index (χ0n) is 8.89. The molecule has 1 fully saturated rings. The number of methoxy groups -OCH3 is 1. The van der Waals surface area contributed by atoms with Crippen LogP contribution in [0.3, 0.4) is 0 Å². The fourth-order valence-electron chi connectivity index (χ4n) is 1.63. The van der Waals surface area contributed by atoms with Gasteiger partial charge in [0.2, 0.25) is 0 Å². The van der Waals surface area contributed by atoms with Gasteiger partial charge < -0.3 is 9.84 Å². The fourth-order valence-corrected chi connectivity index (χ4v) is 1.63. The molecule has 1 rings (SSSR count). The van der Waals surface area contributed by atoms with E-state index in [9.17, 15) is 4.79 Å². The minimum atomic E-state index is -0.878. The second-order valence-corrected chi connectivity index (χ2v) is 3.48. The summed E-state index contributed by atoms with van der Waals surface area (Å²) in [6.07, 6.45) is 5.35. The van der Waals surface area contributed by atoms with E-state index in [-0.39, 0.29) is 12.4 Å². The minimum Gasteiger partial charge on any atom is -0.478 e. The standard InChI is InChI=1S/C10H17NO3.ClH/c1-14-9-4-7-11(8-5-9)6-2-3-10(12)13;/h2-3,9H,4-8H2,1H3,(H,12,13);1H/b3-2+;. The van der Waals surface area contributed by atoms with E-state index in [1.165, 1.54) is 6.08 Å². The van der Waals surface area contributed by atoms with E-state index in [1.807, 2.05) is 0 Å². The summed E-state index contributed by atoms with van der Waals surface area (Å²) in [5.41, 5.74) is 0. The third-order valence-corrected chi connectivity index (χ3v) is 2.49. The van der Waals surface area contributed by atoms with E-state index >= 15 is 0 Å². The van der Waals surface area contributed by atoms with Gasteiger partial charge in [-0.05, 0) is 12.8 Å². The monoisotopic (exact) mass is 235 g/mol. The number of nitrogens with zero attached hydrogens (tertiary/aromatic N) is 1. The van der Waals surface area contributed by atoms with Crippen LogP contribution in [0.1, 0.15) is 12.8 Å². The van der Waals surface area contributed by atoms with Gasteiger partial charge in [0.1, 0.15) is 0 Å². The molecule has 0 atom stereocenters. The van der Waals surface area contributed by atoms with Crippen LogP contribution in [-0.4, -0.2) is 48.8 Å². The lowest BCUT2D eigenvalue weighted by molar-refractivity contribution is -0.131. The number of hydrogen-bond donors (Lipinski definition) is 1. The summed E-state index contributed by atoms with van der Waals surface area (Å²) < 4.78 is 5.24. The summed E-state index contributed by atoms with van der Waals surface area (Å²) in [4.78, 5) is 12.4. The number of likely N-dealkylation sites (tertiary alicyclic amines) is 1. The molecule has 0 aromatic rings. The molecule has 0 bridgehead atoms. The molecule has 0 aliphatic carbocycles. The van der Waals surface area contributed by atoms with Crippen LogP contribution in [0.15, 0.2) is 12.2 Å². The van der Waals surface area contributed by atoms with Gasteiger partial charge in [-0.2, -0.15) is 0 Å². The lowest BCUT2D eigenvalue weighted by Crippen LogP contribution is -2.36. The number of carbonyl (C=O) groups is 1. The molecule has 1 aliphatic rings. The molecule has 1 saturated heterocycles. The van der Waals surface area contributed by atoms with E-state index < -0.39 is 5.97 Å². The fraction of sp³-hybridized carbons (Fsp3) is 0.700. The SMILES string of the molecule is COC1CCN(C/C=C/C(=O)O)CC1.Cl. The predicted molar refractivity (Wildman–Crippen MR) is 60.5 cm³/mol. The van der Waals surface area contributed by atoms with Gasteiger partial charge >= 0.3 is 5.97 Å². The zero-order valence-corrected chi connectivity index (χ0v) is 9.70. The smallest absolute Gasteiger partial charge is 0.328 e. The molecule has 0 spiro atoms. The molecular formula is C10H18ClNO3. The molecule has 0 saturated carbocycles. The maximum absolute atomic E-state index is 10.2. The number of aliphatic carboxylic acids is 1. The largest absolute Gasteiger partial charge is 0.478 e. The Labute approximate surface area is 96.3 Å². The topological polar surface area (TPSA) is 49.8 Å². The Morgan fingerprint density at radius 3 is 2.60 bits per heavy atom. The van der Waals surface area contributed by atoms with Gasteiger partial charge in [0.05, 0.1) is 6.10 Å². The molecule has 0 aromatic heterocycles. The summed E-state index contributed by atoms with van der Waals surface area (Å²) in [6, 6.07) is 0. The molecule has 1 heterocycles. The van der Waals surface area contributed by atoms with E-state index in [2.05, 4.69) is 4.90 Å². The molecule has 0 amide bonds. The number of carboxylic acids is 1. The third-order valence-electron chi connectivity index (χ3n) is 2.49. The first-order chi connectivity index (χ1) is 6.72. The van der Waals surface area contributed by atoms with Crippen molar-refractivity contribution in [3.8, 4) is 0 Å². The summed E-state index contributed by atoms with van der Waals surface area (Å²) >= 11 is 0. The molecule has 0 radical (unpaired) electrons. The van der Waals surface area contributed by atoms with Gasteiger partial charge in [-0.3, -0.25) is 4.90 Å². The first kappa shape index (κ1) is 14.4. The van der Waals surface area contributed by atoms with Gasteiger partial charge in [0, 0.05) is 32.8 Å². The van der Waals surface area contributed by atoms with Crippen molar-refractivity contribution in [2.75, 3.05) is 26.7 Å². The van der Waals surface area contributed by atoms with Gasteiger partial charge in [0.25, 0.3) is 0 Å². The predicted octanol–water partition coefficient (Wildman–Crippen LogP) is 1.16. The molecule has 1 N–H and O–H groups in total. The second-order valence-electron chi connectivity index (χ2n) is 3.48. The summed E-state index contributed by atoms with van der Waals surface area (Å²) in [5, 5.41) is 8.40. The normalized spacial score (nSPS) is 19.0. The Morgan fingerprint density at radius 1 is 1.53 bits per heavy atom. The highest BCUT2D eigenvalue weighted by atomic mass is 35.5. The van der Waals surface area contributed by atoms with Crippen molar-refractivity contribution in [2.45, 2.75) is 18.9 Å². The first-order valence-electron chi connectivity index (χ1n) is 4.87. The van der Waals surface area contributed by atoms with Gasteiger partial charge in [0.15, 0.2) is 0 Å². The van der Waals surface area contributed by atoms with Gasteiger partial charge in [-0.25, -0.2) is 4.79 Å². The van der Waals surface area contributed by atoms with Crippen LogP contribution in [0.4, 0.5) is 0 Å². The zero-order chi connectivity index (χ0) is 10.4. The molecule has 5 heteroatoms. The maximum Gasteiger partial charge on any atom is 0.328 e. The lowest BCUT2D eigenvalue weighted by Gasteiger charge is -2.30. The number of rotatable bonds is 4. The van der Waals surface area contributed by atoms with Crippen molar-refractivity contribution < 1.29 is 14.6 Å². The number of halogens is 1. The Bertz CT molecular complexity index is 213. The molecule has 0 unspecified atom stereocenters. The van der Waals surface area contributed by atoms with Crippen molar-refractivity contribution in [3.05, 3.63) is 12.2 Å². The highest BCUT2D eigenvalue weighted by Crippen LogP contribution is 2.12. The highest BCUT2D eigenvalue weighted by molar-refractivity contribution is 5.85. The quantitative estimate of drug-likeness (QED) is 0.743. The average molecular weight is 236 g/mol. The highest BCUT2D eigenvalue weighted by Gasteiger charge is 2.17. The van der Waals surface area contributed by atoms with Crippen LogP contribution in [0.25, 0.3) is 0 Å². The van der Waals surface area contributed by atoms with Crippen LogP contribution in [0, 0.1) is 0 Å². The summed E-state index contributed by atoms with van der Waals surface area (Å²) in [7, 11) is 1.74. The van der Waals surface area contributed by atoms with Crippen molar-refractivity contribution in [1.29, 1.82) is 0 Å². The van der Waals surface area contributed by atoms with Crippen molar-refractivity contribution in [1.82, 2.24) is 4.90 Å². The molecule has 0 aromatic carbocycles. The van der Waals surface area contributed by atoms with E-state index in [0.29, 0.717) is 6.10 Å². The lowest BCUT2D eigenvalue weighted by atomic mass is 10.1. The van der Waals surface area contributed by atoms with E-state index in [4.69, 9.17) is 9.84 Å². The van der Waals surface area contributed by atoms with Crippen molar-refractivity contribution in [3.63, 3.8) is 0 Å². The third kappa shape index (κ3) is 5.77. The molecule has 4 nitrogen and oxygen atoms in total. The number of carboxylic acid groups (broad SMARTS) is 1. The Kier molecular flexibility index (Phi) is 7.38. The molecular weight excluding hydrogens is 218 g/mol. The first-order valence-corrected chi connectivity index (χ1v) is 4.87. The van der Waals surface area contributed by atoms with Crippen LogP contribution in [-0.2, 0) is 9.53 Å². The Balaban J connectivity index is 0.00000196. The Hall–Kier alpha value is -0.580. The maximum atomic E-state index is 10.2. The van der Waals surface area contributed by atoms with Crippen LogP contribution >= 0.6 is 12.4 Å². The van der Waals surface area contributed by atoms with Gasteiger partial charge in [-0.15, -0.1) is 12.4 Å². The Morgan fingerprint density at radius 2 is 2.13 bits per heavy atom. The number of piperidine rings is 1. The van der Waals surface area contributed by atoms with Gasteiger partial charge in [-0.1, -0.05) is 6.08 Å². The summed E-state index contributed by atoms with van der Waals surface area (Å²) in [6.45, 7) is 2.70. The minimum absolute atomic E-state index is 0. The van der Waals surface area contributed by atoms with E-state index in [1.54, 1.807) is 13.2 Å². The molecule has 1 aliphatic heterocycles. The van der Waals surface area contributed by atoms with Crippen LogP contribution in [0.5, 0.6) is 0 Å². The summed E-state index contributed by atoms with van der Waals surface area (Å²) in [5.74, 6) is -0.878. The second kappa shape index (κ2) is 7.68. The van der Waals surface area contributed by atoms with Crippen molar-refractivity contribution >= 4 is 18.4 Å². The van der Waals surface area contributed by atoms with E-state index in [0.717, 1.165) is 32.5 Å². The van der Waals surface area contributed by atoms with Crippen molar-refractivity contribution in [2.24, 2.45) is 0 Å². The molecule has 15 heavy (non-hydrogen) atoms. The molecule has 88 valence electrons. The van der Waals surface area contributed by atoms with Crippen LogP contribution in [0.2, 0.25) is 0 Å². The number of hydrogen-bond acceptors (Lipinski definition) is 3. The number of ether oxygens (including phenoxy) is 1.